The zero-order valence-corrected chi connectivity index (χ0v) is 13.2. The van der Waals surface area contributed by atoms with E-state index < -0.39 is 38.6 Å². The number of ether oxygens (including phenoxy) is 1. The first-order chi connectivity index (χ1) is 12.1. The van der Waals surface area contributed by atoms with Gasteiger partial charge >= 0.3 is 6.18 Å². The highest BCUT2D eigenvalue weighted by molar-refractivity contribution is 5.75. The molecule has 8 nitrogen and oxygen atoms in total. The van der Waals surface area contributed by atoms with Gasteiger partial charge in [0.1, 0.15) is 5.75 Å². The number of anilines is 1. The van der Waals surface area contributed by atoms with Gasteiger partial charge in [0.2, 0.25) is 0 Å². The number of nitro groups is 2. The van der Waals surface area contributed by atoms with Crippen molar-refractivity contribution in [2.24, 2.45) is 0 Å². The quantitative estimate of drug-likeness (QED) is 0.604. The summed E-state index contributed by atoms with van der Waals surface area (Å²) in [5.74, 6) is 0.414. The van der Waals surface area contributed by atoms with E-state index in [-0.39, 0.29) is 18.7 Å². The van der Waals surface area contributed by atoms with Crippen LogP contribution in [0.5, 0.6) is 5.75 Å². The Bertz CT molecular complexity index is 820. The van der Waals surface area contributed by atoms with Crippen molar-refractivity contribution in [3.8, 4) is 5.75 Å². The number of rotatable bonds is 6. The number of para-hydroxylation sites is 1. The fourth-order valence-corrected chi connectivity index (χ4v) is 2.28. The maximum Gasteiger partial charge on any atom is 0.416 e. The molecule has 2 aromatic rings. The van der Waals surface area contributed by atoms with Gasteiger partial charge in [-0.3, -0.25) is 20.2 Å². The minimum atomic E-state index is -4.96. The van der Waals surface area contributed by atoms with Gasteiger partial charge in [-0.1, -0.05) is 18.2 Å². The van der Waals surface area contributed by atoms with Crippen LogP contribution in [0.2, 0.25) is 0 Å². The Hall–Kier alpha value is -3.37. The molecule has 1 N–H and O–H groups in total. The Kier molecular flexibility index (Phi) is 5.29. The molecule has 0 radical (unpaired) electrons. The fourth-order valence-electron chi connectivity index (χ4n) is 2.28. The van der Waals surface area contributed by atoms with E-state index in [0.29, 0.717) is 11.3 Å². The summed E-state index contributed by atoms with van der Waals surface area (Å²) >= 11 is 0. The van der Waals surface area contributed by atoms with Gasteiger partial charge in [0.05, 0.1) is 22.5 Å². The molecule has 0 atom stereocenters. The van der Waals surface area contributed by atoms with E-state index in [4.69, 9.17) is 4.74 Å². The molecule has 0 aliphatic rings. The predicted molar refractivity (Wildman–Crippen MR) is 85.1 cm³/mol. The Morgan fingerprint density at radius 3 is 2.08 bits per heavy atom. The van der Waals surface area contributed by atoms with Crippen LogP contribution in [0.4, 0.5) is 30.2 Å². The number of nitrogens with zero attached hydrogens (tertiary/aromatic N) is 2. The van der Waals surface area contributed by atoms with Crippen molar-refractivity contribution < 1.29 is 27.8 Å². The minimum absolute atomic E-state index is 0.128. The summed E-state index contributed by atoms with van der Waals surface area (Å²) < 4.78 is 43.7. The van der Waals surface area contributed by atoms with Crippen LogP contribution in [0, 0.1) is 20.2 Å². The summed E-state index contributed by atoms with van der Waals surface area (Å²) in [7, 11) is 1.39. The third-order valence-corrected chi connectivity index (χ3v) is 3.47. The molecule has 0 fully saturated rings. The summed E-state index contributed by atoms with van der Waals surface area (Å²) in [6.45, 7) is -0.128. The van der Waals surface area contributed by atoms with Crippen molar-refractivity contribution in [1.29, 1.82) is 0 Å². The lowest BCUT2D eigenvalue weighted by molar-refractivity contribution is -0.392. The number of hydrogen-bond donors (Lipinski definition) is 1. The minimum Gasteiger partial charge on any atom is -0.496 e. The lowest BCUT2D eigenvalue weighted by Gasteiger charge is -2.13. The second-order valence-electron chi connectivity index (χ2n) is 5.07. The number of nitrogens with one attached hydrogen (secondary N) is 1. The smallest absolute Gasteiger partial charge is 0.416 e. The molecule has 2 rings (SSSR count). The molecule has 0 heterocycles. The molecule has 0 aliphatic heterocycles. The summed E-state index contributed by atoms with van der Waals surface area (Å²) in [6, 6.07) is 7.05. The summed E-state index contributed by atoms with van der Waals surface area (Å²) in [5.41, 5.74) is -3.65. The van der Waals surface area contributed by atoms with Crippen LogP contribution in [0.25, 0.3) is 0 Å². The van der Waals surface area contributed by atoms with Crippen molar-refractivity contribution in [3.05, 3.63) is 67.8 Å². The number of benzene rings is 2. The van der Waals surface area contributed by atoms with E-state index in [1.54, 1.807) is 24.3 Å². The van der Waals surface area contributed by atoms with Gasteiger partial charge in [0.15, 0.2) is 5.69 Å². The first-order valence-electron chi connectivity index (χ1n) is 7.05. The van der Waals surface area contributed by atoms with Crippen LogP contribution in [0.15, 0.2) is 36.4 Å². The Labute approximate surface area is 144 Å². The molecule has 0 amide bonds. The highest BCUT2D eigenvalue weighted by Gasteiger charge is 2.37. The van der Waals surface area contributed by atoms with Gasteiger partial charge < -0.3 is 10.1 Å². The SMILES string of the molecule is COc1ccccc1CNc1c([N+](=O)[O-])cc(C(F)(F)F)cc1[N+](=O)[O-]. The topological polar surface area (TPSA) is 108 Å². The zero-order valence-electron chi connectivity index (χ0n) is 13.2. The highest BCUT2D eigenvalue weighted by Crippen LogP contribution is 2.41. The molecule has 138 valence electrons. The number of alkyl halides is 3. The molecule has 2 aromatic carbocycles. The van der Waals surface area contributed by atoms with Crippen LogP contribution in [-0.2, 0) is 12.7 Å². The van der Waals surface area contributed by atoms with Crippen LogP contribution in [-0.4, -0.2) is 17.0 Å². The van der Waals surface area contributed by atoms with Gasteiger partial charge in [0, 0.05) is 24.2 Å². The number of hydrogen-bond acceptors (Lipinski definition) is 6. The van der Waals surface area contributed by atoms with E-state index >= 15 is 0 Å². The van der Waals surface area contributed by atoms with E-state index in [1.165, 1.54) is 7.11 Å². The summed E-state index contributed by atoms with van der Waals surface area (Å²) in [5, 5.41) is 24.8. The first kappa shape index (κ1) is 19.0. The molecule has 0 aromatic heterocycles. The zero-order chi connectivity index (χ0) is 19.5. The van der Waals surface area contributed by atoms with Crippen molar-refractivity contribution in [2.45, 2.75) is 12.7 Å². The van der Waals surface area contributed by atoms with Gasteiger partial charge in [0.25, 0.3) is 11.4 Å². The fraction of sp³-hybridized carbons (Fsp3) is 0.200. The largest absolute Gasteiger partial charge is 0.496 e. The third kappa shape index (κ3) is 3.99. The average Bonchev–Trinajstić information content (AvgIpc) is 2.58. The van der Waals surface area contributed by atoms with Gasteiger partial charge in [-0.2, -0.15) is 13.2 Å². The third-order valence-electron chi connectivity index (χ3n) is 3.47. The maximum absolute atomic E-state index is 12.9. The van der Waals surface area contributed by atoms with Gasteiger partial charge in [-0.25, -0.2) is 0 Å². The van der Waals surface area contributed by atoms with Crippen LogP contribution >= 0.6 is 0 Å². The molecule has 11 heteroatoms. The lowest BCUT2D eigenvalue weighted by Crippen LogP contribution is -2.11. The second-order valence-corrected chi connectivity index (χ2v) is 5.07. The van der Waals surface area contributed by atoms with Crippen LogP contribution in [0.1, 0.15) is 11.1 Å². The molecule has 0 spiro atoms. The van der Waals surface area contributed by atoms with E-state index in [9.17, 15) is 33.4 Å². The predicted octanol–water partition coefficient (Wildman–Crippen LogP) is 4.14. The molecule has 0 saturated heterocycles. The molecule has 0 bridgehead atoms. The number of halogens is 3. The van der Waals surface area contributed by atoms with E-state index in [0.717, 1.165) is 0 Å². The van der Waals surface area contributed by atoms with Crippen LogP contribution in [0.3, 0.4) is 0 Å². The highest BCUT2D eigenvalue weighted by atomic mass is 19.4. The van der Waals surface area contributed by atoms with Crippen LogP contribution < -0.4 is 10.1 Å². The summed E-state index contributed by atoms with van der Waals surface area (Å²) in [6.07, 6.45) is -4.96. The second kappa shape index (κ2) is 7.25. The molecule has 0 aliphatic carbocycles. The molecular weight excluding hydrogens is 359 g/mol. The van der Waals surface area contributed by atoms with Crippen molar-refractivity contribution in [3.63, 3.8) is 0 Å². The van der Waals surface area contributed by atoms with Crippen molar-refractivity contribution >= 4 is 17.1 Å². The Morgan fingerprint density at radius 2 is 1.62 bits per heavy atom. The first-order valence-corrected chi connectivity index (χ1v) is 7.05. The molecule has 26 heavy (non-hydrogen) atoms. The number of nitro benzene ring substituents is 2. The Balaban J connectivity index is 2.52. The Morgan fingerprint density at radius 1 is 1.08 bits per heavy atom. The normalized spacial score (nSPS) is 11.1. The monoisotopic (exact) mass is 371 g/mol. The maximum atomic E-state index is 12.9. The van der Waals surface area contributed by atoms with Crippen molar-refractivity contribution in [2.75, 3.05) is 12.4 Å². The van der Waals surface area contributed by atoms with E-state index in [1.807, 2.05) is 0 Å². The van der Waals surface area contributed by atoms with Gasteiger partial charge in [-0.15, -0.1) is 0 Å². The number of methoxy groups -OCH3 is 1. The molecule has 0 unspecified atom stereocenters. The molecular formula is C15H12F3N3O5. The lowest BCUT2D eigenvalue weighted by atomic mass is 10.1. The van der Waals surface area contributed by atoms with Gasteiger partial charge in [-0.05, 0) is 6.07 Å². The average molecular weight is 371 g/mol. The standard InChI is InChI=1S/C15H12F3N3O5/c1-26-13-5-3-2-4-9(13)8-19-14-11(20(22)23)6-10(15(16,17)18)7-12(14)21(24)25/h2-7,19H,8H2,1H3. The van der Waals surface area contributed by atoms with E-state index in [2.05, 4.69) is 5.32 Å². The van der Waals surface area contributed by atoms with Crippen molar-refractivity contribution in [1.82, 2.24) is 0 Å². The summed E-state index contributed by atoms with van der Waals surface area (Å²) in [4.78, 5) is 20.1. The molecule has 0 saturated carbocycles.